The van der Waals surface area contributed by atoms with Crippen molar-refractivity contribution in [3.8, 4) is 0 Å². The third kappa shape index (κ3) is 3.10. The smallest absolute Gasteiger partial charge is 0.312 e. The molecule has 1 unspecified atom stereocenters. The number of cyclic esters (lactones) is 1. The molecule has 126 valence electrons. The molecule has 1 heterocycles. The van der Waals surface area contributed by atoms with Gasteiger partial charge >= 0.3 is 5.97 Å². The molecule has 1 aliphatic rings. The summed E-state index contributed by atoms with van der Waals surface area (Å²) in [5.74, 6) is -0.0782. The van der Waals surface area contributed by atoms with Gasteiger partial charge in [0.05, 0.1) is 12.0 Å². The van der Waals surface area contributed by atoms with Crippen LogP contribution < -0.4 is 0 Å². The minimum Gasteiger partial charge on any atom is -0.465 e. The van der Waals surface area contributed by atoms with Crippen molar-refractivity contribution in [3.05, 3.63) is 60.2 Å². The van der Waals surface area contributed by atoms with Gasteiger partial charge in [-0.25, -0.2) is 0 Å². The molecule has 0 aliphatic carbocycles. The predicted octanol–water partition coefficient (Wildman–Crippen LogP) is 5.19. The molecule has 2 aromatic rings. The molecule has 0 radical (unpaired) electrons. The number of benzene rings is 2. The maximum atomic E-state index is 12.2. The number of esters is 1. The number of fused-ring (bicyclic) bond motifs is 1. The topological polar surface area (TPSA) is 26.3 Å². The molecule has 0 spiro atoms. The Morgan fingerprint density at radius 3 is 2.50 bits per heavy atom. The Bertz CT molecular complexity index is 782. The third-order valence-corrected chi connectivity index (χ3v) is 5.10. The zero-order valence-electron chi connectivity index (χ0n) is 14.9. The van der Waals surface area contributed by atoms with Gasteiger partial charge in [0, 0.05) is 0 Å². The van der Waals surface area contributed by atoms with Gasteiger partial charge in [0.25, 0.3) is 0 Å². The fourth-order valence-electron chi connectivity index (χ4n) is 3.55. The summed E-state index contributed by atoms with van der Waals surface area (Å²) in [5, 5.41) is 2.47. The lowest BCUT2D eigenvalue weighted by atomic mass is 9.77. The third-order valence-electron chi connectivity index (χ3n) is 5.10. The summed E-state index contributed by atoms with van der Waals surface area (Å²) in [6, 6.07) is 13.2. The Morgan fingerprint density at radius 1 is 1.17 bits per heavy atom. The van der Waals surface area contributed by atoms with Crippen LogP contribution in [0, 0.1) is 5.41 Å². The van der Waals surface area contributed by atoms with Gasteiger partial charge in [0.2, 0.25) is 0 Å². The van der Waals surface area contributed by atoms with Crippen molar-refractivity contribution in [3.63, 3.8) is 0 Å². The fourth-order valence-corrected chi connectivity index (χ4v) is 3.55. The van der Waals surface area contributed by atoms with E-state index in [2.05, 4.69) is 63.7 Å². The van der Waals surface area contributed by atoms with Gasteiger partial charge < -0.3 is 4.74 Å². The lowest BCUT2D eigenvalue weighted by molar-refractivity contribution is -0.146. The van der Waals surface area contributed by atoms with Gasteiger partial charge in [0.1, 0.15) is 0 Å². The van der Waals surface area contributed by atoms with E-state index in [0.29, 0.717) is 13.0 Å². The second kappa shape index (κ2) is 6.08. The number of carbonyl (C=O) groups is 1. The molecular formula is C22H26O2. The second-order valence-corrected chi connectivity index (χ2v) is 7.98. The van der Waals surface area contributed by atoms with Gasteiger partial charge in [-0.2, -0.15) is 0 Å². The minimum atomic E-state index is -0.430. The number of hydrogen-bond acceptors (Lipinski definition) is 2. The normalized spacial score (nSPS) is 21.0. The SMILES string of the molecule is C=CCC1(Cc2ccc3cc(C(C)(C)C)ccc3c2)CCOC1=O. The summed E-state index contributed by atoms with van der Waals surface area (Å²) >= 11 is 0. The van der Waals surface area contributed by atoms with Crippen molar-refractivity contribution < 1.29 is 9.53 Å². The van der Waals surface area contributed by atoms with Gasteiger partial charge in [-0.05, 0) is 46.6 Å². The van der Waals surface area contributed by atoms with E-state index in [1.54, 1.807) is 0 Å². The molecule has 1 aliphatic heterocycles. The van der Waals surface area contributed by atoms with Crippen LogP contribution in [0.15, 0.2) is 49.1 Å². The van der Waals surface area contributed by atoms with Crippen LogP contribution >= 0.6 is 0 Å². The van der Waals surface area contributed by atoms with Gasteiger partial charge in [0.15, 0.2) is 0 Å². The van der Waals surface area contributed by atoms with Crippen LogP contribution in [0.5, 0.6) is 0 Å². The van der Waals surface area contributed by atoms with Crippen LogP contribution in [0.2, 0.25) is 0 Å². The van der Waals surface area contributed by atoms with Crippen LogP contribution in [0.25, 0.3) is 10.8 Å². The number of ether oxygens (including phenoxy) is 1. The summed E-state index contributed by atoms with van der Waals surface area (Å²) < 4.78 is 5.25. The Morgan fingerprint density at radius 2 is 1.88 bits per heavy atom. The monoisotopic (exact) mass is 322 g/mol. The first kappa shape index (κ1) is 16.8. The van der Waals surface area contributed by atoms with Crippen molar-refractivity contribution >= 4 is 16.7 Å². The second-order valence-electron chi connectivity index (χ2n) is 7.98. The maximum Gasteiger partial charge on any atom is 0.312 e. The molecule has 3 rings (SSSR count). The van der Waals surface area contributed by atoms with Crippen molar-refractivity contribution in [1.82, 2.24) is 0 Å². The molecule has 0 saturated carbocycles. The average Bonchev–Trinajstić information content (AvgIpc) is 2.87. The predicted molar refractivity (Wildman–Crippen MR) is 99.2 cm³/mol. The van der Waals surface area contributed by atoms with Gasteiger partial charge in [-0.1, -0.05) is 63.2 Å². The van der Waals surface area contributed by atoms with Crippen LogP contribution in [-0.2, 0) is 21.4 Å². The highest BCUT2D eigenvalue weighted by molar-refractivity contribution is 5.85. The highest BCUT2D eigenvalue weighted by Gasteiger charge is 2.43. The van der Waals surface area contributed by atoms with Gasteiger partial charge in [-0.3, -0.25) is 4.79 Å². The van der Waals surface area contributed by atoms with Crippen LogP contribution in [0.3, 0.4) is 0 Å². The van der Waals surface area contributed by atoms with E-state index in [1.807, 2.05) is 6.08 Å². The number of hydrogen-bond donors (Lipinski definition) is 0. The Balaban J connectivity index is 1.93. The molecule has 1 atom stereocenters. The highest BCUT2D eigenvalue weighted by atomic mass is 16.5. The Kier molecular flexibility index (Phi) is 4.25. The standard InChI is InChI=1S/C22H26O2/c1-5-10-22(11-12-24-20(22)23)15-16-6-7-18-14-19(21(2,3)4)9-8-17(18)13-16/h5-9,13-14H,1,10-12,15H2,2-4H3. The first-order chi connectivity index (χ1) is 11.3. The summed E-state index contributed by atoms with van der Waals surface area (Å²) in [7, 11) is 0. The summed E-state index contributed by atoms with van der Waals surface area (Å²) in [5.41, 5.74) is 2.24. The van der Waals surface area contributed by atoms with Crippen LogP contribution in [0.4, 0.5) is 0 Å². The fraction of sp³-hybridized carbons (Fsp3) is 0.409. The lowest BCUT2D eigenvalue weighted by Gasteiger charge is -2.23. The van der Waals surface area contributed by atoms with E-state index in [1.165, 1.54) is 21.9 Å². The van der Waals surface area contributed by atoms with E-state index in [9.17, 15) is 4.79 Å². The molecule has 2 nitrogen and oxygen atoms in total. The van der Waals surface area contributed by atoms with E-state index in [4.69, 9.17) is 4.74 Å². The number of rotatable bonds is 4. The van der Waals surface area contributed by atoms with Crippen molar-refractivity contribution in [2.45, 2.75) is 45.4 Å². The average molecular weight is 322 g/mol. The largest absolute Gasteiger partial charge is 0.465 e. The zero-order valence-corrected chi connectivity index (χ0v) is 14.9. The Labute approximate surface area is 144 Å². The Hall–Kier alpha value is -2.09. The molecule has 0 amide bonds. The minimum absolute atomic E-state index is 0.0782. The summed E-state index contributed by atoms with van der Waals surface area (Å²) in [6.45, 7) is 11.0. The molecule has 0 aromatic heterocycles. The van der Waals surface area contributed by atoms with Crippen LogP contribution in [0.1, 0.15) is 44.7 Å². The zero-order chi connectivity index (χ0) is 17.4. The molecule has 24 heavy (non-hydrogen) atoms. The van der Waals surface area contributed by atoms with Crippen molar-refractivity contribution in [2.24, 2.45) is 5.41 Å². The molecule has 0 N–H and O–H groups in total. The lowest BCUT2D eigenvalue weighted by Crippen LogP contribution is -2.28. The van der Waals surface area contributed by atoms with Crippen LogP contribution in [-0.4, -0.2) is 12.6 Å². The first-order valence-corrected chi connectivity index (χ1v) is 8.65. The molecule has 1 saturated heterocycles. The van der Waals surface area contributed by atoms with E-state index in [0.717, 1.165) is 12.8 Å². The molecule has 0 bridgehead atoms. The number of allylic oxidation sites excluding steroid dienone is 1. The van der Waals surface area contributed by atoms with E-state index in [-0.39, 0.29) is 11.4 Å². The molecular weight excluding hydrogens is 296 g/mol. The molecule has 1 fully saturated rings. The number of carbonyl (C=O) groups excluding carboxylic acids is 1. The summed E-state index contributed by atoms with van der Waals surface area (Å²) in [4.78, 5) is 12.2. The highest BCUT2D eigenvalue weighted by Crippen LogP contribution is 2.38. The molecule has 2 heteroatoms. The van der Waals surface area contributed by atoms with Gasteiger partial charge in [-0.15, -0.1) is 6.58 Å². The summed E-state index contributed by atoms with van der Waals surface area (Å²) in [6.07, 6.45) is 4.00. The quantitative estimate of drug-likeness (QED) is 0.572. The van der Waals surface area contributed by atoms with Crippen molar-refractivity contribution in [2.75, 3.05) is 6.61 Å². The first-order valence-electron chi connectivity index (χ1n) is 8.65. The van der Waals surface area contributed by atoms with Crippen molar-refractivity contribution in [1.29, 1.82) is 0 Å². The van der Waals surface area contributed by atoms with E-state index < -0.39 is 5.41 Å². The van der Waals surface area contributed by atoms with E-state index >= 15 is 0 Å². The maximum absolute atomic E-state index is 12.2. The molecule has 2 aromatic carbocycles.